The number of aromatic nitrogens is 1. The molecule has 0 saturated heterocycles. The summed E-state index contributed by atoms with van der Waals surface area (Å²) in [6.07, 6.45) is 1.46. The molecule has 0 bridgehead atoms. The molecule has 1 heterocycles. The maximum Gasteiger partial charge on any atom is 0.347 e. The second-order valence-electron chi connectivity index (χ2n) is 8.97. The Kier molecular flexibility index (Phi) is 8.40. The summed E-state index contributed by atoms with van der Waals surface area (Å²) in [4.78, 5) is 29.3. The Balaban J connectivity index is 1.36. The van der Waals surface area contributed by atoms with E-state index in [1.165, 1.54) is 26.5 Å². The number of nitrogens with one attached hydrogen (secondary N) is 2. The monoisotopic (exact) mass is 583 g/mol. The van der Waals surface area contributed by atoms with Gasteiger partial charge in [0, 0.05) is 16.0 Å². The lowest BCUT2D eigenvalue weighted by atomic mass is 10.0. The highest BCUT2D eigenvalue weighted by Crippen LogP contribution is 2.36. The van der Waals surface area contributed by atoms with E-state index >= 15 is 0 Å². The number of H-pyrrole nitrogens is 1. The zero-order valence-corrected chi connectivity index (χ0v) is 23.7. The molecule has 0 radical (unpaired) electrons. The van der Waals surface area contributed by atoms with Crippen LogP contribution < -0.4 is 24.4 Å². The Morgan fingerprint density at radius 1 is 0.810 bits per heavy atom. The van der Waals surface area contributed by atoms with Crippen LogP contribution in [0.5, 0.6) is 23.0 Å². The Labute approximate surface area is 246 Å². The van der Waals surface area contributed by atoms with Crippen molar-refractivity contribution in [3.05, 3.63) is 107 Å². The van der Waals surface area contributed by atoms with Gasteiger partial charge in [-0.15, -0.1) is 0 Å². The van der Waals surface area contributed by atoms with Crippen LogP contribution >= 0.6 is 11.6 Å². The molecule has 0 fully saturated rings. The average Bonchev–Trinajstić information content (AvgIpc) is 3.42. The molecule has 0 aliphatic carbocycles. The van der Waals surface area contributed by atoms with Crippen LogP contribution in [0, 0.1) is 0 Å². The molecule has 1 amide bonds. The normalized spacial score (nSPS) is 11.0. The number of methoxy groups -OCH3 is 3. The molecule has 0 aliphatic rings. The van der Waals surface area contributed by atoms with Gasteiger partial charge in [0.1, 0.15) is 22.8 Å². The van der Waals surface area contributed by atoms with Crippen molar-refractivity contribution in [2.24, 2.45) is 5.10 Å². The molecule has 0 saturated carbocycles. The first-order valence-electron chi connectivity index (χ1n) is 12.7. The number of rotatable bonds is 9. The van der Waals surface area contributed by atoms with Gasteiger partial charge in [-0.05, 0) is 53.6 Å². The molecule has 5 aromatic rings. The third-order valence-corrected chi connectivity index (χ3v) is 6.69. The summed E-state index contributed by atoms with van der Waals surface area (Å²) in [5, 5.41) is 5.35. The van der Waals surface area contributed by atoms with E-state index in [0.29, 0.717) is 33.3 Å². The number of carbonyl (C=O) groups is 2. The summed E-state index contributed by atoms with van der Waals surface area (Å²) in [5.41, 5.74) is 6.01. The summed E-state index contributed by atoms with van der Waals surface area (Å²) in [6, 6.07) is 24.8. The van der Waals surface area contributed by atoms with E-state index in [4.69, 9.17) is 30.5 Å². The van der Waals surface area contributed by atoms with Crippen molar-refractivity contribution >= 4 is 40.6 Å². The Morgan fingerprint density at radius 2 is 1.55 bits per heavy atom. The minimum absolute atomic E-state index is 0.171. The molecule has 42 heavy (non-hydrogen) atoms. The van der Waals surface area contributed by atoms with Crippen LogP contribution in [0.25, 0.3) is 22.0 Å². The van der Waals surface area contributed by atoms with Gasteiger partial charge >= 0.3 is 5.97 Å². The van der Waals surface area contributed by atoms with E-state index in [1.54, 1.807) is 37.4 Å². The summed E-state index contributed by atoms with van der Waals surface area (Å²) >= 11 is 6.04. The van der Waals surface area contributed by atoms with Crippen LogP contribution in [0.1, 0.15) is 26.4 Å². The minimum atomic E-state index is -0.662. The molecule has 212 valence electrons. The average molecular weight is 584 g/mol. The molecule has 5 rings (SSSR count). The highest BCUT2D eigenvalue weighted by molar-refractivity contribution is 6.31. The zero-order chi connectivity index (χ0) is 29.6. The van der Waals surface area contributed by atoms with E-state index in [1.807, 2.05) is 48.5 Å². The summed E-state index contributed by atoms with van der Waals surface area (Å²) < 4.78 is 21.7. The quantitative estimate of drug-likeness (QED) is 0.0887. The molecule has 0 spiro atoms. The highest BCUT2D eigenvalue weighted by Gasteiger charge is 2.21. The number of para-hydroxylation sites is 1. The lowest BCUT2D eigenvalue weighted by molar-refractivity contribution is 0.0726. The number of amides is 1. The van der Waals surface area contributed by atoms with Crippen molar-refractivity contribution in [3.63, 3.8) is 0 Å². The van der Waals surface area contributed by atoms with Crippen molar-refractivity contribution in [2.45, 2.75) is 0 Å². The van der Waals surface area contributed by atoms with Crippen LogP contribution in [0.3, 0.4) is 0 Å². The van der Waals surface area contributed by atoms with Gasteiger partial charge in [0.2, 0.25) is 0 Å². The predicted octanol–water partition coefficient (Wildman–Crippen LogP) is 6.50. The van der Waals surface area contributed by atoms with Gasteiger partial charge in [-0.1, -0.05) is 54.1 Å². The SMILES string of the molecule is COc1cc(C=NNC(=O)c2[nH]c3c(OC)cccc3c2-c2ccccc2)ccc1OC(=O)c1cc(Cl)ccc1OC. The number of esters is 1. The van der Waals surface area contributed by atoms with Crippen molar-refractivity contribution in [3.8, 4) is 34.1 Å². The smallest absolute Gasteiger partial charge is 0.347 e. The standard InChI is InChI=1S/C32H26ClN3O6/c1-39-24-15-13-21(33)17-23(24)32(38)42-25-14-12-19(16-27(25)41-3)18-34-36-31(37)30-28(20-8-5-4-6-9-20)22-10-7-11-26(40-2)29(22)35-30/h4-18,35H,1-3H3,(H,36,37). The first kappa shape index (κ1) is 28.3. The van der Waals surface area contributed by atoms with Gasteiger partial charge in [0.25, 0.3) is 5.91 Å². The Bertz CT molecular complexity index is 1800. The third kappa shape index (κ3) is 5.77. The number of aromatic amines is 1. The second kappa shape index (κ2) is 12.5. The fourth-order valence-corrected chi connectivity index (χ4v) is 4.67. The van der Waals surface area contributed by atoms with Crippen LogP contribution in [0.2, 0.25) is 5.02 Å². The fourth-order valence-electron chi connectivity index (χ4n) is 4.50. The van der Waals surface area contributed by atoms with Gasteiger partial charge in [0.15, 0.2) is 11.5 Å². The lowest BCUT2D eigenvalue weighted by Crippen LogP contribution is -2.18. The molecule has 9 nitrogen and oxygen atoms in total. The summed E-state index contributed by atoms with van der Waals surface area (Å²) in [7, 11) is 4.48. The van der Waals surface area contributed by atoms with E-state index < -0.39 is 11.9 Å². The highest BCUT2D eigenvalue weighted by atomic mass is 35.5. The molecule has 1 aromatic heterocycles. The van der Waals surface area contributed by atoms with Gasteiger partial charge in [-0.25, -0.2) is 10.2 Å². The number of hydrogen-bond acceptors (Lipinski definition) is 7. The van der Waals surface area contributed by atoms with Crippen LogP contribution in [-0.2, 0) is 0 Å². The molecule has 4 aromatic carbocycles. The molecule has 0 aliphatic heterocycles. The molecule has 0 atom stereocenters. The maximum atomic E-state index is 13.3. The number of hydrogen-bond donors (Lipinski definition) is 2. The van der Waals surface area contributed by atoms with Gasteiger partial charge in [-0.2, -0.15) is 5.10 Å². The Morgan fingerprint density at radius 3 is 2.29 bits per heavy atom. The molecule has 2 N–H and O–H groups in total. The van der Waals surface area contributed by atoms with E-state index in [9.17, 15) is 9.59 Å². The van der Waals surface area contributed by atoms with Gasteiger partial charge in [-0.3, -0.25) is 4.79 Å². The number of hydrazone groups is 1. The minimum Gasteiger partial charge on any atom is -0.496 e. The van der Waals surface area contributed by atoms with Crippen molar-refractivity contribution in [1.29, 1.82) is 0 Å². The Hall–Kier alpha value is -5.28. The predicted molar refractivity (Wildman–Crippen MR) is 161 cm³/mol. The lowest BCUT2D eigenvalue weighted by Gasteiger charge is -2.12. The topological polar surface area (TPSA) is 111 Å². The molecular formula is C32H26ClN3O6. The number of benzene rings is 4. The van der Waals surface area contributed by atoms with Crippen LogP contribution in [-0.4, -0.2) is 44.4 Å². The second-order valence-corrected chi connectivity index (χ2v) is 9.40. The van der Waals surface area contributed by atoms with E-state index in [0.717, 1.165) is 16.5 Å². The zero-order valence-electron chi connectivity index (χ0n) is 22.9. The number of fused-ring (bicyclic) bond motifs is 1. The van der Waals surface area contributed by atoms with E-state index in [2.05, 4.69) is 15.5 Å². The van der Waals surface area contributed by atoms with Crippen LogP contribution in [0.15, 0.2) is 90.0 Å². The summed E-state index contributed by atoms with van der Waals surface area (Å²) in [5.74, 6) is 0.321. The van der Waals surface area contributed by atoms with Gasteiger partial charge < -0.3 is 23.9 Å². The number of nitrogens with zero attached hydrogens (tertiary/aromatic N) is 1. The molecule has 0 unspecified atom stereocenters. The maximum absolute atomic E-state index is 13.3. The number of ether oxygens (including phenoxy) is 4. The number of halogens is 1. The van der Waals surface area contributed by atoms with Crippen molar-refractivity contribution in [1.82, 2.24) is 10.4 Å². The third-order valence-electron chi connectivity index (χ3n) is 6.46. The van der Waals surface area contributed by atoms with Gasteiger partial charge in [0.05, 0.1) is 33.1 Å². The molecular weight excluding hydrogens is 558 g/mol. The van der Waals surface area contributed by atoms with Crippen LogP contribution in [0.4, 0.5) is 0 Å². The van der Waals surface area contributed by atoms with E-state index in [-0.39, 0.29) is 17.1 Å². The van der Waals surface area contributed by atoms with Crippen molar-refractivity contribution in [2.75, 3.05) is 21.3 Å². The molecule has 10 heteroatoms. The van der Waals surface area contributed by atoms with Crippen molar-refractivity contribution < 1.29 is 28.5 Å². The number of carbonyl (C=O) groups excluding carboxylic acids is 2. The summed E-state index contributed by atoms with van der Waals surface area (Å²) in [6.45, 7) is 0. The fraction of sp³-hybridized carbons (Fsp3) is 0.0938. The largest absolute Gasteiger partial charge is 0.496 e. The first-order valence-corrected chi connectivity index (χ1v) is 13.1. The first-order chi connectivity index (χ1) is 20.4.